The zero-order chi connectivity index (χ0) is 13.8. The lowest BCUT2D eigenvalue weighted by molar-refractivity contribution is -0.129. The van der Waals surface area contributed by atoms with Crippen molar-refractivity contribution in [3.8, 4) is 0 Å². The molecule has 0 aliphatic carbocycles. The van der Waals surface area contributed by atoms with Crippen LogP contribution in [0, 0.1) is 0 Å². The van der Waals surface area contributed by atoms with Gasteiger partial charge < -0.3 is 15.8 Å². The zero-order valence-corrected chi connectivity index (χ0v) is 11.1. The van der Waals surface area contributed by atoms with Crippen LogP contribution >= 0.6 is 11.6 Å². The lowest BCUT2D eigenvalue weighted by Crippen LogP contribution is -2.36. The highest BCUT2D eigenvalue weighted by Crippen LogP contribution is 2.21. The Hall–Kier alpha value is -1.75. The molecule has 1 aliphatic rings. The Morgan fingerprint density at radius 3 is 3.00 bits per heavy atom. The molecule has 0 radical (unpaired) electrons. The summed E-state index contributed by atoms with van der Waals surface area (Å²) in [7, 11) is 0. The number of anilines is 1. The van der Waals surface area contributed by atoms with Crippen molar-refractivity contribution < 1.29 is 14.3 Å². The second-order valence-electron chi connectivity index (χ2n) is 4.42. The largest absolute Gasteiger partial charge is 0.449 e. The molecule has 1 heterocycles. The predicted octanol–water partition coefficient (Wildman–Crippen LogP) is 1.75. The van der Waals surface area contributed by atoms with Gasteiger partial charge in [-0.1, -0.05) is 11.6 Å². The molecule has 1 aromatic rings. The summed E-state index contributed by atoms with van der Waals surface area (Å²) < 4.78 is 5.21. The second-order valence-corrected chi connectivity index (χ2v) is 4.83. The summed E-state index contributed by atoms with van der Waals surface area (Å²) in [6, 6.07) is 4.57. The molecule has 0 spiro atoms. The number of halogens is 1. The van der Waals surface area contributed by atoms with Gasteiger partial charge in [-0.3, -0.25) is 4.79 Å². The first-order valence-electron chi connectivity index (χ1n) is 6.11. The first-order chi connectivity index (χ1) is 9.08. The van der Waals surface area contributed by atoms with Crippen molar-refractivity contribution in [2.45, 2.75) is 25.4 Å². The monoisotopic (exact) mass is 282 g/mol. The van der Waals surface area contributed by atoms with Crippen LogP contribution in [0.1, 0.15) is 29.6 Å². The Bertz CT molecular complexity index is 505. The number of rotatable bonds is 2. The number of nitrogen functional groups attached to an aromatic ring is 1. The quantitative estimate of drug-likeness (QED) is 0.639. The van der Waals surface area contributed by atoms with Gasteiger partial charge in [0.1, 0.15) is 0 Å². The van der Waals surface area contributed by atoms with Gasteiger partial charge in [0, 0.05) is 12.2 Å². The normalized spacial score (nSPS) is 19.4. The molecule has 5 nitrogen and oxygen atoms in total. The van der Waals surface area contributed by atoms with E-state index in [0.717, 1.165) is 12.8 Å². The van der Waals surface area contributed by atoms with E-state index in [2.05, 4.69) is 5.32 Å². The van der Waals surface area contributed by atoms with Crippen LogP contribution in [0.3, 0.4) is 0 Å². The van der Waals surface area contributed by atoms with Crippen LogP contribution in [0.4, 0.5) is 5.69 Å². The molecule has 6 heteroatoms. The number of esters is 1. The molecule has 0 bridgehead atoms. The number of benzene rings is 1. The van der Waals surface area contributed by atoms with E-state index >= 15 is 0 Å². The summed E-state index contributed by atoms with van der Waals surface area (Å²) in [4.78, 5) is 23.7. The molecular weight excluding hydrogens is 268 g/mol. The minimum atomic E-state index is -0.757. The van der Waals surface area contributed by atoms with Crippen LogP contribution in [-0.4, -0.2) is 24.5 Å². The molecule has 1 atom stereocenters. The van der Waals surface area contributed by atoms with Crippen molar-refractivity contribution in [1.29, 1.82) is 0 Å². The average Bonchev–Trinajstić information content (AvgIpc) is 2.58. The topological polar surface area (TPSA) is 81.4 Å². The number of amides is 1. The SMILES string of the molecule is Nc1ccc(Cl)c(C(=O)OC2CCCCNC2=O)c1. The predicted molar refractivity (Wildman–Crippen MR) is 71.9 cm³/mol. The minimum absolute atomic E-state index is 0.179. The minimum Gasteiger partial charge on any atom is -0.449 e. The Morgan fingerprint density at radius 2 is 2.21 bits per heavy atom. The maximum Gasteiger partial charge on any atom is 0.340 e. The molecule has 0 aromatic heterocycles. The van der Waals surface area contributed by atoms with Crippen molar-refractivity contribution in [1.82, 2.24) is 5.32 Å². The molecule has 1 amide bonds. The van der Waals surface area contributed by atoms with Crippen LogP contribution in [0.2, 0.25) is 5.02 Å². The smallest absolute Gasteiger partial charge is 0.340 e. The van der Waals surface area contributed by atoms with E-state index in [4.69, 9.17) is 22.1 Å². The van der Waals surface area contributed by atoms with E-state index in [1.54, 1.807) is 6.07 Å². The van der Waals surface area contributed by atoms with Gasteiger partial charge in [-0.25, -0.2) is 4.79 Å². The molecular formula is C13H15ClN2O3. The molecule has 1 fully saturated rings. The highest BCUT2D eigenvalue weighted by molar-refractivity contribution is 6.33. The fraction of sp³-hybridized carbons (Fsp3) is 0.385. The molecule has 0 saturated carbocycles. The number of ether oxygens (including phenoxy) is 1. The van der Waals surface area contributed by atoms with E-state index in [1.165, 1.54) is 12.1 Å². The highest BCUT2D eigenvalue weighted by atomic mass is 35.5. The summed E-state index contributed by atoms with van der Waals surface area (Å²) in [6.07, 6.45) is 1.49. The van der Waals surface area contributed by atoms with Crippen molar-refractivity contribution in [2.24, 2.45) is 0 Å². The van der Waals surface area contributed by atoms with Crippen LogP contribution < -0.4 is 11.1 Å². The Kier molecular flexibility index (Phi) is 4.27. The molecule has 3 N–H and O–H groups in total. The fourth-order valence-corrected chi connectivity index (χ4v) is 2.11. The van der Waals surface area contributed by atoms with Crippen molar-refractivity contribution in [3.63, 3.8) is 0 Å². The first-order valence-corrected chi connectivity index (χ1v) is 6.49. The number of carbonyl (C=O) groups excluding carboxylic acids is 2. The summed E-state index contributed by atoms with van der Waals surface area (Å²) in [6.45, 7) is 0.617. The number of carbonyl (C=O) groups is 2. The van der Waals surface area contributed by atoms with E-state index in [-0.39, 0.29) is 16.5 Å². The summed E-state index contributed by atoms with van der Waals surface area (Å²) in [5.74, 6) is -0.884. The third kappa shape index (κ3) is 3.38. The fourth-order valence-electron chi connectivity index (χ4n) is 1.92. The highest BCUT2D eigenvalue weighted by Gasteiger charge is 2.25. The van der Waals surface area contributed by atoms with Crippen molar-refractivity contribution in [3.05, 3.63) is 28.8 Å². The van der Waals surface area contributed by atoms with E-state index in [0.29, 0.717) is 18.7 Å². The molecule has 102 valence electrons. The van der Waals surface area contributed by atoms with Gasteiger partial charge >= 0.3 is 5.97 Å². The van der Waals surface area contributed by atoms with Gasteiger partial charge in [0.25, 0.3) is 5.91 Å². The maximum atomic E-state index is 12.0. The van der Waals surface area contributed by atoms with Crippen LogP contribution in [0.25, 0.3) is 0 Å². The van der Waals surface area contributed by atoms with E-state index < -0.39 is 12.1 Å². The van der Waals surface area contributed by atoms with E-state index in [9.17, 15) is 9.59 Å². The second kappa shape index (κ2) is 5.93. The van der Waals surface area contributed by atoms with Gasteiger partial charge in [0.15, 0.2) is 6.10 Å². The molecule has 1 saturated heterocycles. The van der Waals surface area contributed by atoms with Crippen LogP contribution in [-0.2, 0) is 9.53 Å². The van der Waals surface area contributed by atoms with E-state index in [1.807, 2.05) is 0 Å². The Labute approximate surface area is 116 Å². The van der Waals surface area contributed by atoms with Crippen LogP contribution in [0.5, 0.6) is 0 Å². The van der Waals surface area contributed by atoms with Crippen molar-refractivity contribution in [2.75, 3.05) is 12.3 Å². The van der Waals surface area contributed by atoms with Gasteiger partial charge in [0.2, 0.25) is 0 Å². The first kappa shape index (κ1) is 13.7. The standard InChI is InChI=1S/C13H15ClN2O3/c14-10-5-4-8(15)7-9(10)13(18)19-11-3-1-2-6-16-12(11)17/h4-5,7,11H,1-3,6,15H2,(H,16,17). The number of nitrogens with one attached hydrogen (secondary N) is 1. The molecule has 1 aromatic carbocycles. The van der Waals surface area contributed by atoms with Crippen LogP contribution in [0.15, 0.2) is 18.2 Å². The molecule has 19 heavy (non-hydrogen) atoms. The average molecular weight is 283 g/mol. The lowest BCUT2D eigenvalue weighted by Gasteiger charge is -2.15. The molecule has 2 rings (SSSR count). The Morgan fingerprint density at radius 1 is 1.42 bits per heavy atom. The summed E-state index contributed by atoms with van der Waals surface area (Å²) in [5.41, 5.74) is 6.20. The number of nitrogens with two attached hydrogens (primary N) is 1. The lowest BCUT2D eigenvalue weighted by atomic mass is 10.1. The van der Waals surface area contributed by atoms with Gasteiger partial charge in [-0.2, -0.15) is 0 Å². The van der Waals surface area contributed by atoms with Gasteiger partial charge in [0.05, 0.1) is 10.6 Å². The Balaban J connectivity index is 2.11. The number of hydrogen-bond donors (Lipinski definition) is 2. The third-order valence-corrected chi connectivity index (χ3v) is 3.27. The summed E-state index contributed by atoms with van der Waals surface area (Å²) >= 11 is 5.92. The van der Waals surface area contributed by atoms with Gasteiger partial charge in [-0.05, 0) is 37.5 Å². The third-order valence-electron chi connectivity index (χ3n) is 2.94. The maximum absolute atomic E-state index is 12.0. The molecule has 1 aliphatic heterocycles. The molecule has 1 unspecified atom stereocenters. The van der Waals surface area contributed by atoms with Gasteiger partial charge in [-0.15, -0.1) is 0 Å². The summed E-state index contributed by atoms with van der Waals surface area (Å²) in [5, 5.41) is 2.96. The van der Waals surface area contributed by atoms with Crippen molar-refractivity contribution >= 4 is 29.2 Å². The number of hydrogen-bond acceptors (Lipinski definition) is 4. The zero-order valence-electron chi connectivity index (χ0n) is 10.3.